The normalized spacial score (nSPS) is 15.8. The van der Waals surface area contributed by atoms with Crippen LogP contribution in [0.2, 0.25) is 4.34 Å². The first-order chi connectivity index (χ1) is 12.1. The average molecular weight is 526 g/mol. The van der Waals surface area contributed by atoms with Crippen molar-refractivity contribution in [1.29, 1.82) is 0 Å². The third-order valence-electron chi connectivity index (χ3n) is 4.05. The van der Waals surface area contributed by atoms with E-state index in [1.54, 1.807) is 22.7 Å². The van der Waals surface area contributed by atoms with Gasteiger partial charge in [-0.15, -0.1) is 46.7 Å². The van der Waals surface area contributed by atoms with Crippen LogP contribution in [0, 0.1) is 6.92 Å². The summed E-state index contributed by atoms with van der Waals surface area (Å²) in [7, 11) is 0. The molecule has 0 unspecified atom stereocenters. The quantitative estimate of drug-likeness (QED) is 0.363. The van der Waals surface area contributed by atoms with Gasteiger partial charge < -0.3 is 10.2 Å². The highest BCUT2D eigenvalue weighted by Gasteiger charge is 2.20. The Morgan fingerprint density at radius 2 is 2.04 bits per heavy atom. The maximum absolute atomic E-state index is 6.03. The van der Waals surface area contributed by atoms with E-state index in [9.17, 15) is 0 Å². The van der Waals surface area contributed by atoms with Gasteiger partial charge in [0.15, 0.2) is 5.96 Å². The van der Waals surface area contributed by atoms with Gasteiger partial charge in [-0.25, -0.2) is 9.98 Å². The van der Waals surface area contributed by atoms with Gasteiger partial charge in [0.1, 0.15) is 5.01 Å². The van der Waals surface area contributed by atoms with E-state index in [4.69, 9.17) is 16.6 Å². The van der Waals surface area contributed by atoms with Crippen molar-refractivity contribution in [3.8, 4) is 0 Å². The van der Waals surface area contributed by atoms with Crippen molar-refractivity contribution in [3.05, 3.63) is 37.4 Å². The Bertz CT molecular complexity index is 710. The molecule has 1 aliphatic rings. The van der Waals surface area contributed by atoms with E-state index in [-0.39, 0.29) is 24.0 Å². The molecule has 0 saturated carbocycles. The molecule has 0 atom stereocenters. The van der Waals surface area contributed by atoms with Gasteiger partial charge in [-0.3, -0.25) is 4.90 Å². The smallest absolute Gasteiger partial charge is 0.194 e. The molecule has 1 saturated heterocycles. The van der Waals surface area contributed by atoms with E-state index in [1.807, 2.05) is 12.3 Å². The minimum absolute atomic E-state index is 0. The van der Waals surface area contributed by atoms with Gasteiger partial charge >= 0.3 is 0 Å². The highest BCUT2D eigenvalue weighted by atomic mass is 127. The van der Waals surface area contributed by atoms with Crippen molar-refractivity contribution in [1.82, 2.24) is 20.1 Å². The zero-order valence-corrected chi connectivity index (χ0v) is 19.8. The van der Waals surface area contributed by atoms with Crippen molar-refractivity contribution in [2.45, 2.75) is 26.9 Å². The molecule has 2 aromatic heterocycles. The third kappa shape index (κ3) is 6.33. The molecule has 3 heterocycles. The molecule has 0 radical (unpaired) electrons. The SMILES string of the molecule is CCNC(=NCc1ncc(C)s1)N1CCN(Cc2ccc(Cl)s2)CC1.I. The molecule has 0 amide bonds. The topological polar surface area (TPSA) is 43.8 Å². The summed E-state index contributed by atoms with van der Waals surface area (Å²) in [6.45, 7) is 10.8. The van der Waals surface area contributed by atoms with E-state index >= 15 is 0 Å². The first kappa shape index (κ1) is 21.9. The fourth-order valence-electron chi connectivity index (χ4n) is 2.82. The minimum Gasteiger partial charge on any atom is -0.357 e. The molecule has 5 nitrogen and oxygen atoms in total. The molecule has 0 bridgehead atoms. The largest absolute Gasteiger partial charge is 0.357 e. The first-order valence-corrected chi connectivity index (χ1v) is 10.6. The number of aromatic nitrogens is 1. The number of piperazine rings is 1. The molecule has 9 heteroatoms. The first-order valence-electron chi connectivity index (χ1n) is 8.55. The lowest BCUT2D eigenvalue weighted by Gasteiger charge is -2.36. The number of thiazole rings is 1. The van der Waals surface area contributed by atoms with Crippen molar-refractivity contribution >= 4 is 64.2 Å². The lowest BCUT2D eigenvalue weighted by Crippen LogP contribution is -2.52. The van der Waals surface area contributed by atoms with Crippen LogP contribution in [0.1, 0.15) is 21.7 Å². The minimum atomic E-state index is 0. The Morgan fingerprint density at radius 3 is 2.62 bits per heavy atom. The second kappa shape index (κ2) is 10.8. The number of nitrogens with zero attached hydrogens (tertiary/aromatic N) is 4. The van der Waals surface area contributed by atoms with E-state index in [2.05, 4.69) is 40.0 Å². The van der Waals surface area contributed by atoms with Crippen LogP contribution >= 0.6 is 58.3 Å². The van der Waals surface area contributed by atoms with Gasteiger partial charge in [0.25, 0.3) is 0 Å². The molecule has 0 spiro atoms. The number of rotatable bonds is 5. The van der Waals surface area contributed by atoms with Crippen molar-refractivity contribution < 1.29 is 0 Å². The summed E-state index contributed by atoms with van der Waals surface area (Å²) in [5, 5.41) is 4.49. The summed E-state index contributed by atoms with van der Waals surface area (Å²) in [5.74, 6) is 0.995. The summed E-state index contributed by atoms with van der Waals surface area (Å²) in [6, 6.07) is 4.11. The Morgan fingerprint density at radius 1 is 1.27 bits per heavy atom. The zero-order chi connectivity index (χ0) is 17.6. The molecular formula is C17H25ClIN5S2. The Kier molecular flexibility index (Phi) is 9.08. The molecule has 1 aliphatic heterocycles. The number of thiophene rings is 1. The Balaban J connectivity index is 0.00000243. The Labute approximate surface area is 185 Å². The summed E-state index contributed by atoms with van der Waals surface area (Å²) in [6.07, 6.45) is 1.91. The van der Waals surface area contributed by atoms with Gasteiger partial charge in [-0.1, -0.05) is 11.6 Å². The van der Waals surface area contributed by atoms with Gasteiger partial charge in [0, 0.05) is 55.2 Å². The monoisotopic (exact) mass is 525 g/mol. The molecule has 26 heavy (non-hydrogen) atoms. The molecule has 0 aromatic carbocycles. The standard InChI is InChI=1S/C17H24ClN5S2.HI/c1-3-19-17(21-11-16-20-10-13(2)24-16)23-8-6-22(7-9-23)12-14-4-5-15(18)25-14;/h4-5,10H,3,6-9,11-12H2,1-2H3,(H,19,21);1H. The predicted octanol–water partition coefficient (Wildman–Crippen LogP) is 4.07. The number of aliphatic imine (C=N–C) groups is 1. The lowest BCUT2D eigenvalue weighted by atomic mass is 10.3. The van der Waals surface area contributed by atoms with Crippen molar-refractivity contribution in [2.24, 2.45) is 4.99 Å². The molecule has 3 rings (SSSR count). The van der Waals surface area contributed by atoms with Crippen LogP contribution in [0.4, 0.5) is 0 Å². The van der Waals surface area contributed by atoms with Crippen LogP contribution in [0.5, 0.6) is 0 Å². The maximum Gasteiger partial charge on any atom is 0.194 e. The Hall–Kier alpha value is -0.420. The highest BCUT2D eigenvalue weighted by Crippen LogP contribution is 2.23. The predicted molar refractivity (Wildman–Crippen MR) is 123 cm³/mol. The second-order valence-corrected chi connectivity index (χ2v) is 9.12. The molecule has 2 aromatic rings. The van der Waals surface area contributed by atoms with Gasteiger partial charge in [0.05, 0.1) is 10.9 Å². The maximum atomic E-state index is 6.03. The van der Waals surface area contributed by atoms with Crippen LogP contribution in [0.15, 0.2) is 23.3 Å². The fraction of sp³-hybridized carbons (Fsp3) is 0.529. The zero-order valence-electron chi connectivity index (χ0n) is 15.1. The fourth-order valence-corrected chi connectivity index (χ4v) is 4.66. The lowest BCUT2D eigenvalue weighted by molar-refractivity contribution is 0.173. The van der Waals surface area contributed by atoms with Crippen molar-refractivity contribution in [2.75, 3.05) is 32.7 Å². The average Bonchev–Trinajstić information content (AvgIpc) is 3.20. The van der Waals surface area contributed by atoms with Crippen LogP contribution in [-0.4, -0.2) is 53.5 Å². The third-order valence-corrected chi connectivity index (χ3v) is 6.16. The molecule has 0 aliphatic carbocycles. The molecule has 144 valence electrons. The number of hydrogen-bond acceptors (Lipinski definition) is 5. The highest BCUT2D eigenvalue weighted by molar-refractivity contribution is 14.0. The summed E-state index contributed by atoms with van der Waals surface area (Å²) in [4.78, 5) is 16.6. The number of halogens is 2. The van der Waals surface area contributed by atoms with Gasteiger partial charge in [-0.2, -0.15) is 0 Å². The van der Waals surface area contributed by atoms with Crippen LogP contribution in [0.3, 0.4) is 0 Å². The second-order valence-electron chi connectivity index (χ2n) is 6.00. The van der Waals surface area contributed by atoms with E-state index in [1.165, 1.54) is 9.75 Å². The number of guanidine groups is 1. The van der Waals surface area contributed by atoms with Gasteiger partial charge in [0.2, 0.25) is 0 Å². The van der Waals surface area contributed by atoms with Gasteiger partial charge in [-0.05, 0) is 26.0 Å². The number of aryl methyl sites for hydroxylation is 1. The molecular weight excluding hydrogens is 501 g/mol. The molecule has 1 fully saturated rings. The van der Waals surface area contributed by atoms with Crippen LogP contribution < -0.4 is 5.32 Å². The van der Waals surface area contributed by atoms with Crippen LogP contribution in [0.25, 0.3) is 0 Å². The number of nitrogens with one attached hydrogen (secondary N) is 1. The summed E-state index contributed by atoms with van der Waals surface area (Å²) in [5.41, 5.74) is 0. The number of hydrogen-bond donors (Lipinski definition) is 1. The van der Waals surface area contributed by atoms with E-state index in [0.717, 1.165) is 54.6 Å². The molecule has 1 N–H and O–H groups in total. The van der Waals surface area contributed by atoms with E-state index in [0.29, 0.717) is 6.54 Å². The van der Waals surface area contributed by atoms with Crippen LogP contribution in [-0.2, 0) is 13.1 Å². The summed E-state index contributed by atoms with van der Waals surface area (Å²) < 4.78 is 0.868. The van der Waals surface area contributed by atoms with Crippen molar-refractivity contribution in [3.63, 3.8) is 0 Å². The van der Waals surface area contributed by atoms with E-state index < -0.39 is 0 Å². The summed E-state index contributed by atoms with van der Waals surface area (Å²) >= 11 is 9.42.